The van der Waals surface area contributed by atoms with Crippen LogP contribution in [-0.2, 0) is 20.9 Å². The van der Waals surface area contributed by atoms with Gasteiger partial charge in [0.2, 0.25) is 0 Å². The first-order valence-corrected chi connectivity index (χ1v) is 8.06. The molecule has 0 N–H and O–H groups in total. The summed E-state index contributed by atoms with van der Waals surface area (Å²) in [4.78, 5) is 23.7. The van der Waals surface area contributed by atoms with Crippen molar-refractivity contribution in [2.45, 2.75) is 33.0 Å². The maximum atomic E-state index is 12.0. The number of esters is 2. The summed E-state index contributed by atoms with van der Waals surface area (Å²) in [6.45, 7) is 5.68. The van der Waals surface area contributed by atoms with E-state index < -0.39 is 11.6 Å². The van der Waals surface area contributed by atoms with E-state index in [9.17, 15) is 9.59 Å². The number of hydrogen-bond donors (Lipinski definition) is 0. The molecule has 0 radical (unpaired) electrons. The first-order chi connectivity index (χ1) is 11.8. The topological polar surface area (TPSA) is 52.6 Å². The summed E-state index contributed by atoms with van der Waals surface area (Å²) in [5, 5.41) is 0. The van der Waals surface area contributed by atoms with Crippen molar-refractivity contribution in [2.24, 2.45) is 0 Å². The van der Waals surface area contributed by atoms with Gasteiger partial charge in [-0.1, -0.05) is 42.5 Å². The van der Waals surface area contributed by atoms with Crippen molar-refractivity contribution < 1.29 is 19.1 Å². The zero-order valence-electron chi connectivity index (χ0n) is 14.7. The lowest BCUT2D eigenvalue weighted by Gasteiger charge is -2.17. The molecule has 0 unspecified atom stereocenters. The molecule has 4 nitrogen and oxygen atoms in total. The maximum absolute atomic E-state index is 12.0. The van der Waals surface area contributed by atoms with E-state index in [1.54, 1.807) is 30.3 Å². The zero-order valence-corrected chi connectivity index (χ0v) is 14.7. The Bertz CT molecular complexity index is 738. The molecule has 25 heavy (non-hydrogen) atoms. The lowest BCUT2D eigenvalue weighted by molar-refractivity contribution is -0.148. The smallest absolute Gasteiger partial charge is 0.338 e. The van der Waals surface area contributed by atoms with Crippen LogP contribution in [0.25, 0.3) is 6.08 Å². The minimum Gasteiger partial charge on any atom is -0.457 e. The van der Waals surface area contributed by atoms with Crippen LogP contribution in [0.4, 0.5) is 0 Å². The van der Waals surface area contributed by atoms with Crippen LogP contribution in [0, 0.1) is 0 Å². The average molecular weight is 338 g/mol. The number of hydrogen-bond acceptors (Lipinski definition) is 4. The van der Waals surface area contributed by atoms with Crippen molar-refractivity contribution in [3.8, 4) is 0 Å². The minimum absolute atomic E-state index is 0.236. The Hall–Kier alpha value is -2.88. The highest BCUT2D eigenvalue weighted by Gasteiger charge is 2.13. The second-order valence-electron chi connectivity index (χ2n) is 6.55. The van der Waals surface area contributed by atoms with E-state index in [0.717, 1.165) is 11.1 Å². The highest BCUT2D eigenvalue weighted by molar-refractivity contribution is 5.90. The molecule has 0 saturated carbocycles. The van der Waals surface area contributed by atoms with Gasteiger partial charge in [-0.05, 0) is 50.1 Å². The Labute approximate surface area is 148 Å². The van der Waals surface area contributed by atoms with E-state index in [1.165, 1.54) is 6.08 Å². The average Bonchev–Trinajstić information content (AvgIpc) is 2.58. The van der Waals surface area contributed by atoms with Crippen LogP contribution in [0.15, 0.2) is 60.7 Å². The van der Waals surface area contributed by atoms with Gasteiger partial charge in [0.15, 0.2) is 0 Å². The third-order valence-electron chi connectivity index (χ3n) is 3.18. The van der Waals surface area contributed by atoms with Gasteiger partial charge in [-0.2, -0.15) is 0 Å². The first kappa shape index (κ1) is 18.5. The third kappa shape index (κ3) is 6.63. The van der Waals surface area contributed by atoms with Crippen molar-refractivity contribution in [1.82, 2.24) is 0 Å². The van der Waals surface area contributed by atoms with Gasteiger partial charge in [-0.3, -0.25) is 0 Å². The number of rotatable bonds is 5. The fraction of sp³-hybridized carbons (Fsp3) is 0.238. The lowest BCUT2D eigenvalue weighted by atomic mass is 10.1. The van der Waals surface area contributed by atoms with E-state index in [2.05, 4.69) is 0 Å². The van der Waals surface area contributed by atoms with Crippen LogP contribution in [-0.4, -0.2) is 17.5 Å². The molecule has 0 spiro atoms. The molecular weight excluding hydrogens is 316 g/mol. The number of carbonyl (C=O) groups excluding carboxylic acids is 2. The molecule has 2 rings (SSSR count). The summed E-state index contributed by atoms with van der Waals surface area (Å²) in [5.41, 5.74) is 1.68. The molecule has 0 amide bonds. The fourth-order valence-electron chi connectivity index (χ4n) is 2.04. The Kier molecular flexibility index (Phi) is 6.12. The Morgan fingerprint density at radius 1 is 0.960 bits per heavy atom. The van der Waals surface area contributed by atoms with Gasteiger partial charge in [-0.25, -0.2) is 9.59 Å². The molecule has 0 heterocycles. The molecule has 0 aliphatic rings. The predicted octanol–water partition coefficient (Wildman–Crippen LogP) is 4.40. The van der Waals surface area contributed by atoms with E-state index in [-0.39, 0.29) is 12.6 Å². The van der Waals surface area contributed by atoms with Crippen molar-refractivity contribution >= 4 is 18.0 Å². The summed E-state index contributed by atoms with van der Waals surface area (Å²) in [5.74, 6) is -0.787. The van der Waals surface area contributed by atoms with E-state index in [1.807, 2.05) is 51.1 Å². The fourth-order valence-corrected chi connectivity index (χ4v) is 2.04. The lowest BCUT2D eigenvalue weighted by Crippen LogP contribution is -2.22. The van der Waals surface area contributed by atoms with Crippen LogP contribution in [0.2, 0.25) is 0 Å². The number of ether oxygens (including phenoxy) is 2. The molecule has 0 aromatic heterocycles. The molecule has 2 aromatic rings. The standard InChI is InChI=1S/C21H22O4/c1-21(2,3)25-19(22)14-11-16-9-12-18(13-10-16)20(23)24-15-17-7-5-4-6-8-17/h4-14H,15H2,1-3H3. The molecule has 2 aromatic carbocycles. The van der Waals surface area contributed by atoms with Crippen LogP contribution in [0.1, 0.15) is 42.3 Å². The Morgan fingerprint density at radius 2 is 1.60 bits per heavy atom. The van der Waals surface area contributed by atoms with E-state index >= 15 is 0 Å². The van der Waals surface area contributed by atoms with Gasteiger partial charge in [0, 0.05) is 6.08 Å². The van der Waals surface area contributed by atoms with Gasteiger partial charge in [0.1, 0.15) is 12.2 Å². The van der Waals surface area contributed by atoms with Crippen molar-refractivity contribution in [2.75, 3.05) is 0 Å². The first-order valence-electron chi connectivity index (χ1n) is 8.06. The summed E-state index contributed by atoms with van der Waals surface area (Å²) in [6, 6.07) is 16.3. The normalized spacial score (nSPS) is 11.3. The second-order valence-corrected chi connectivity index (χ2v) is 6.55. The van der Waals surface area contributed by atoms with Gasteiger partial charge < -0.3 is 9.47 Å². The van der Waals surface area contributed by atoms with Gasteiger partial charge in [0.25, 0.3) is 0 Å². The highest BCUT2D eigenvalue weighted by atomic mass is 16.6. The minimum atomic E-state index is -0.520. The maximum Gasteiger partial charge on any atom is 0.338 e. The molecule has 0 aliphatic carbocycles. The molecule has 4 heteroatoms. The van der Waals surface area contributed by atoms with E-state index in [4.69, 9.17) is 9.47 Å². The van der Waals surface area contributed by atoms with Crippen LogP contribution < -0.4 is 0 Å². The Morgan fingerprint density at radius 3 is 2.20 bits per heavy atom. The summed E-state index contributed by atoms with van der Waals surface area (Å²) in [7, 11) is 0. The molecule has 130 valence electrons. The van der Waals surface area contributed by atoms with Crippen LogP contribution in [0.5, 0.6) is 0 Å². The SMILES string of the molecule is CC(C)(C)OC(=O)C=Cc1ccc(C(=O)OCc2ccccc2)cc1. The monoisotopic (exact) mass is 338 g/mol. The second kappa shape index (κ2) is 8.29. The number of benzene rings is 2. The highest BCUT2D eigenvalue weighted by Crippen LogP contribution is 2.11. The van der Waals surface area contributed by atoms with Crippen molar-refractivity contribution in [3.05, 3.63) is 77.4 Å². The summed E-state index contributed by atoms with van der Waals surface area (Å²) >= 11 is 0. The number of carbonyl (C=O) groups is 2. The van der Waals surface area contributed by atoms with Crippen molar-refractivity contribution in [1.29, 1.82) is 0 Å². The predicted molar refractivity (Wildman–Crippen MR) is 96.9 cm³/mol. The summed E-state index contributed by atoms with van der Waals surface area (Å²) in [6.07, 6.45) is 3.02. The van der Waals surface area contributed by atoms with E-state index in [0.29, 0.717) is 5.56 Å². The van der Waals surface area contributed by atoms with Crippen LogP contribution in [0.3, 0.4) is 0 Å². The molecule has 0 atom stereocenters. The largest absolute Gasteiger partial charge is 0.457 e. The molecule has 0 bridgehead atoms. The van der Waals surface area contributed by atoms with Crippen molar-refractivity contribution in [3.63, 3.8) is 0 Å². The molecule has 0 aliphatic heterocycles. The zero-order chi connectivity index (χ0) is 18.3. The summed E-state index contributed by atoms with van der Waals surface area (Å²) < 4.78 is 10.5. The molecule has 0 saturated heterocycles. The molecule has 0 fully saturated rings. The van der Waals surface area contributed by atoms with Gasteiger partial charge >= 0.3 is 11.9 Å². The van der Waals surface area contributed by atoms with Crippen LogP contribution >= 0.6 is 0 Å². The molecular formula is C21H22O4. The third-order valence-corrected chi connectivity index (χ3v) is 3.18. The van der Waals surface area contributed by atoms with Gasteiger partial charge in [-0.15, -0.1) is 0 Å². The van der Waals surface area contributed by atoms with Gasteiger partial charge in [0.05, 0.1) is 5.56 Å². The quantitative estimate of drug-likeness (QED) is 0.599. The Balaban J connectivity index is 1.90.